The zero-order chi connectivity index (χ0) is 10.2. The summed E-state index contributed by atoms with van der Waals surface area (Å²) in [6.07, 6.45) is 1.65. The molecule has 1 unspecified atom stereocenters. The van der Waals surface area contributed by atoms with Crippen LogP contribution in [0.4, 0.5) is 0 Å². The Hall–Kier alpha value is -1.45. The third-order valence-corrected chi connectivity index (χ3v) is 2.19. The molecule has 1 aromatic carbocycles. The van der Waals surface area contributed by atoms with E-state index in [1.54, 1.807) is 19.2 Å². The molecule has 0 saturated carbocycles. The Labute approximate surface area is 82.2 Å². The lowest BCUT2D eigenvalue weighted by molar-refractivity contribution is 0.0662. The van der Waals surface area contributed by atoms with Crippen LogP contribution in [0.3, 0.4) is 0 Å². The lowest BCUT2D eigenvalue weighted by Crippen LogP contribution is -2.32. The third kappa shape index (κ3) is 1.47. The number of rotatable bonds is 1. The molecule has 14 heavy (non-hydrogen) atoms. The first-order valence-corrected chi connectivity index (χ1v) is 4.44. The van der Waals surface area contributed by atoms with Crippen LogP contribution in [0.25, 0.3) is 10.9 Å². The van der Waals surface area contributed by atoms with Gasteiger partial charge in [0.25, 0.3) is 0 Å². The van der Waals surface area contributed by atoms with Crippen molar-refractivity contribution < 1.29 is 5.11 Å². The number of nitrogens with two attached hydrogens (primary N) is 1. The van der Waals surface area contributed by atoms with Crippen molar-refractivity contribution in [2.24, 2.45) is 5.73 Å². The molecular formula is C11H12N2O. The van der Waals surface area contributed by atoms with Gasteiger partial charge in [-0.15, -0.1) is 0 Å². The largest absolute Gasteiger partial charge is 0.372 e. The van der Waals surface area contributed by atoms with Crippen LogP contribution >= 0.6 is 0 Å². The molecule has 1 heterocycles. The highest BCUT2D eigenvalue weighted by molar-refractivity contribution is 5.82. The van der Waals surface area contributed by atoms with Gasteiger partial charge in [-0.2, -0.15) is 0 Å². The molecule has 3 N–H and O–H groups in total. The van der Waals surface area contributed by atoms with E-state index < -0.39 is 5.72 Å². The van der Waals surface area contributed by atoms with Crippen molar-refractivity contribution in [1.29, 1.82) is 0 Å². The lowest BCUT2D eigenvalue weighted by atomic mass is 10.0. The number of benzene rings is 1. The summed E-state index contributed by atoms with van der Waals surface area (Å²) in [5.74, 6) is 0. The predicted molar refractivity (Wildman–Crippen MR) is 55.5 cm³/mol. The van der Waals surface area contributed by atoms with Gasteiger partial charge in [-0.05, 0) is 19.1 Å². The second-order valence-electron chi connectivity index (χ2n) is 3.52. The van der Waals surface area contributed by atoms with E-state index in [-0.39, 0.29) is 0 Å². The van der Waals surface area contributed by atoms with Gasteiger partial charge in [0.2, 0.25) is 0 Å². The van der Waals surface area contributed by atoms with Gasteiger partial charge in [-0.3, -0.25) is 4.98 Å². The molecule has 0 fully saturated rings. The molecule has 0 saturated heterocycles. The van der Waals surface area contributed by atoms with E-state index in [2.05, 4.69) is 4.98 Å². The average molecular weight is 188 g/mol. The van der Waals surface area contributed by atoms with Gasteiger partial charge in [-0.25, -0.2) is 0 Å². The van der Waals surface area contributed by atoms with Crippen LogP contribution in [0.5, 0.6) is 0 Å². The second-order valence-corrected chi connectivity index (χ2v) is 3.52. The van der Waals surface area contributed by atoms with Crippen LogP contribution in [0.1, 0.15) is 12.5 Å². The van der Waals surface area contributed by atoms with Crippen molar-refractivity contribution in [3.8, 4) is 0 Å². The molecule has 72 valence electrons. The molecule has 0 radical (unpaired) electrons. The fraction of sp³-hybridized carbons (Fsp3) is 0.182. The van der Waals surface area contributed by atoms with Crippen LogP contribution in [0, 0.1) is 0 Å². The van der Waals surface area contributed by atoms with Gasteiger partial charge in [-0.1, -0.05) is 18.2 Å². The highest BCUT2D eigenvalue weighted by Crippen LogP contribution is 2.23. The van der Waals surface area contributed by atoms with Crippen molar-refractivity contribution in [2.45, 2.75) is 12.6 Å². The van der Waals surface area contributed by atoms with E-state index in [0.717, 1.165) is 10.9 Å². The first-order valence-electron chi connectivity index (χ1n) is 4.44. The van der Waals surface area contributed by atoms with E-state index in [9.17, 15) is 5.11 Å². The molecule has 2 aromatic rings. The number of aliphatic hydroxyl groups is 1. The number of fused-ring (bicyclic) bond motifs is 1. The normalized spacial score (nSPS) is 15.4. The summed E-state index contributed by atoms with van der Waals surface area (Å²) in [6.45, 7) is 1.56. The first-order chi connectivity index (χ1) is 6.59. The second kappa shape index (κ2) is 3.04. The number of aromatic nitrogens is 1. The summed E-state index contributed by atoms with van der Waals surface area (Å²) in [5, 5.41) is 10.6. The van der Waals surface area contributed by atoms with Gasteiger partial charge in [0, 0.05) is 17.1 Å². The molecule has 1 aromatic heterocycles. The third-order valence-electron chi connectivity index (χ3n) is 2.19. The molecule has 0 bridgehead atoms. The van der Waals surface area contributed by atoms with Crippen LogP contribution < -0.4 is 5.73 Å². The van der Waals surface area contributed by atoms with Gasteiger partial charge >= 0.3 is 0 Å². The monoisotopic (exact) mass is 188 g/mol. The van der Waals surface area contributed by atoms with Gasteiger partial charge in [0.15, 0.2) is 0 Å². The zero-order valence-electron chi connectivity index (χ0n) is 7.94. The number of para-hydroxylation sites is 1. The smallest absolute Gasteiger partial charge is 0.137 e. The van der Waals surface area contributed by atoms with Crippen molar-refractivity contribution in [2.75, 3.05) is 0 Å². The Bertz CT molecular complexity index is 455. The Kier molecular flexibility index (Phi) is 1.98. The summed E-state index contributed by atoms with van der Waals surface area (Å²) < 4.78 is 0. The molecule has 2 rings (SSSR count). The Balaban J connectivity index is 2.78. The number of hydrogen-bond donors (Lipinski definition) is 2. The Morgan fingerprint density at radius 1 is 1.29 bits per heavy atom. The summed E-state index contributed by atoms with van der Waals surface area (Å²) in [5.41, 5.74) is 5.87. The van der Waals surface area contributed by atoms with E-state index in [1.807, 2.05) is 24.3 Å². The average Bonchev–Trinajstić information content (AvgIpc) is 2.15. The fourth-order valence-electron chi connectivity index (χ4n) is 1.54. The van der Waals surface area contributed by atoms with Crippen LogP contribution in [0.15, 0.2) is 36.5 Å². The maximum absolute atomic E-state index is 9.74. The minimum atomic E-state index is -1.32. The van der Waals surface area contributed by atoms with Crippen molar-refractivity contribution in [3.63, 3.8) is 0 Å². The van der Waals surface area contributed by atoms with Gasteiger partial charge < -0.3 is 10.8 Å². The predicted octanol–water partition coefficient (Wildman–Crippen LogP) is 1.36. The number of pyridine rings is 1. The van der Waals surface area contributed by atoms with Crippen LogP contribution in [-0.2, 0) is 5.72 Å². The van der Waals surface area contributed by atoms with Crippen molar-refractivity contribution in [3.05, 3.63) is 42.1 Å². The van der Waals surface area contributed by atoms with Crippen LogP contribution in [0.2, 0.25) is 0 Å². The molecular weight excluding hydrogens is 176 g/mol. The Morgan fingerprint density at radius 3 is 2.71 bits per heavy atom. The summed E-state index contributed by atoms with van der Waals surface area (Å²) in [6, 6.07) is 9.34. The highest BCUT2D eigenvalue weighted by Gasteiger charge is 2.18. The molecule has 0 aliphatic heterocycles. The van der Waals surface area contributed by atoms with E-state index in [0.29, 0.717) is 5.56 Å². The molecule has 1 atom stereocenters. The lowest BCUT2D eigenvalue weighted by Gasteiger charge is -2.19. The Morgan fingerprint density at radius 2 is 2.00 bits per heavy atom. The van der Waals surface area contributed by atoms with Crippen LogP contribution in [-0.4, -0.2) is 10.1 Å². The van der Waals surface area contributed by atoms with E-state index >= 15 is 0 Å². The molecule has 3 nitrogen and oxygen atoms in total. The molecule has 3 heteroatoms. The zero-order valence-corrected chi connectivity index (χ0v) is 7.94. The first kappa shape index (κ1) is 9.12. The molecule has 0 amide bonds. The maximum atomic E-state index is 9.74. The fourth-order valence-corrected chi connectivity index (χ4v) is 1.54. The van der Waals surface area contributed by atoms with Crippen molar-refractivity contribution >= 4 is 10.9 Å². The minimum Gasteiger partial charge on any atom is -0.372 e. The van der Waals surface area contributed by atoms with Gasteiger partial charge in [0.1, 0.15) is 5.72 Å². The topological polar surface area (TPSA) is 59.1 Å². The summed E-state index contributed by atoms with van der Waals surface area (Å²) in [7, 11) is 0. The SMILES string of the molecule is CC(N)(O)c1ccnc2ccccc12. The minimum absolute atomic E-state index is 0.697. The molecule has 0 aliphatic carbocycles. The quantitative estimate of drug-likeness (QED) is 0.664. The summed E-state index contributed by atoms with van der Waals surface area (Å²) in [4.78, 5) is 4.19. The molecule has 0 spiro atoms. The number of nitrogens with zero attached hydrogens (tertiary/aromatic N) is 1. The highest BCUT2D eigenvalue weighted by atomic mass is 16.3. The summed E-state index contributed by atoms with van der Waals surface area (Å²) >= 11 is 0. The van der Waals surface area contributed by atoms with E-state index in [1.165, 1.54) is 0 Å². The van der Waals surface area contributed by atoms with E-state index in [4.69, 9.17) is 5.73 Å². The number of hydrogen-bond acceptors (Lipinski definition) is 3. The van der Waals surface area contributed by atoms with Crippen molar-refractivity contribution in [1.82, 2.24) is 4.98 Å². The maximum Gasteiger partial charge on any atom is 0.137 e. The molecule has 0 aliphatic rings. The van der Waals surface area contributed by atoms with Gasteiger partial charge in [0.05, 0.1) is 5.52 Å². The standard InChI is InChI=1S/C11H12N2O/c1-11(12,14)9-6-7-13-10-5-3-2-4-8(9)10/h2-7,14H,12H2,1H3.